The number of nitrogens with one attached hydrogen (secondary N) is 1. The summed E-state index contributed by atoms with van der Waals surface area (Å²) in [4.78, 5) is 2.81. The van der Waals surface area contributed by atoms with Gasteiger partial charge < -0.3 is 10.2 Å². The van der Waals surface area contributed by atoms with Gasteiger partial charge in [-0.25, -0.2) is 0 Å². The molecule has 2 heteroatoms. The predicted octanol–water partition coefficient (Wildman–Crippen LogP) is 2.89. The van der Waals surface area contributed by atoms with Gasteiger partial charge in [-0.05, 0) is 57.2 Å². The van der Waals surface area contributed by atoms with E-state index in [1.54, 1.807) is 0 Å². The molecule has 0 aromatic heterocycles. The SMILES string of the molecule is CCNCC1CCCN(C2CCCC(C)C2)C1. The van der Waals surface area contributed by atoms with Crippen molar-refractivity contribution >= 4 is 0 Å². The van der Waals surface area contributed by atoms with Crippen LogP contribution in [0.4, 0.5) is 0 Å². The molecule has 2 rings (SSSR count). The molecule has 0 aromatic carbocycles. The third kappa shape index (κ3) is 3.96. The van der Waals surface area contributed by atoms with Gasteiger partial charge in [0.15, 0.2) is 0 Å². The summed E-state index contributed by atoms with van der Waals surface area (Å²) < 4.78 is 0. The minimum Gasteiger partial charge on any atom is -0.317 e. The van der Waals surface area contributed by atoms with Gasteiger partial charge in [0.25, 0.3) is 0 Å². The van der Waals surface area contributed by atoms with Crippen molar-refractivity contribution in [3.8, 4) is 0 Å². The normalized spacial score (nSPS) is 36.0. The molecule has 0 amide bonds. The number of hydrogen-bond donors (Lipinski definition) is 1. The molecule has 1 N–H and O–H groups in total. The Morgan fingerprint density at radius 3 is 2.82 bits per heavy atom. The number of piperidine rings is 1. The average Bonchev–Trinajstić information content (AvgIpc) is 2.37. The molecule has 1 aliphatic carbocycles. The highest BCUT2D eigenvalue weighted by molar-refractivity contribution is 4.83. The molecule has 2 fully saturated rings. The lowest BCUT2D eigenvalue weighted by Gasteiger charge is -2.41. The smallest absolute Gasteiger partial charge is 0.00979 e. The predicted molar refractivity (Wildman–Crippen MR) is 74.3 cm³/mol. The van der Waals surface area contributed by atoms with E-state index in [9.17, 15) is 0 Å². The van der Waals surface area contributed by atoms with Crippen LogP contribution >= 0.6 is 0 Å². The van der Waals surface area contributed by atoms with Gasteiger partial charge in [0.2, 0.25) is 0 Å². The van der Waals surface area contributed by atoms with Crippen LogP contribution in [0.5, 0.6) is 0 Å². The summed E-state index contributed by atoms with van der Waals surface area (Å²) in [6.07, 6.45) is 8.68. The van der Waals surface area contributed by atoms with Crippen molar-refractivity contribution in [3.63, 3.8) is 0 Å². The van der Waals surface area contributed by atoms with Crippen LogP contribution in [0, 0.1) is 11.8 Å². The van der Waals surface area contributed by atoms with Crippen LogP contribution in [0.15, 0.2) is 0 Å². The van der Waals surface area contributed by atoms with E-state index in [0.717, 1.165) is 24.4 Å². The minimum atomic E-state index is 0.904. The second kappa shape index (κ2) is 6.75. The van der Waals surface area contributed by atoms with Crippen molar-refractivity contribution in [1.29, 1.82) is 0 Å². The molecular formula is C15H30N2. The molecule has 2 aliphatic rings. The molecule has 1 saturated heterocycles. The van der Waals surface area contributed by atoms with E-state index in [2.05, 4.69) is 24.1 Å². The Kier molecular flexibility index (Phi) is 5.30. The fourth-order valence-electron chi connectivity index (χ4n) is 3.68. The lowest BCUT2D eigenvalue weighted by Crippen LogP contribution is -2.46. The summed E-state index contributed by atoms with van der Waals surface area (Å²) in [5, 5.41) is 3.52. The highest BCUT2D eigenvalue weighted by Gasteiger charge is 2.28. The van der Waals surface area contributed by atoms with Crippen LogP contribution in [0.2, 0.25) is 0 Å². The molecular weight excluding hydrogens is 208 g/mol. The van der Waals surface area contributed by atoms with Crippen molar-refractivity contribution in [2.75, 3.05) is 26.2 Å². The first kappa shape index (κ1) is 13.4. The Balaban J connectivity index is 1.79. The van der Waals surface area contributed by atoms with Crippen LogP contribution in [0.25, 0.3) is 0 Å². The number of likely N-dealkylation sites (tertiary alicyclic amines) is 1. The van der Waals surface area contributed by atoms with E-state index in [0.29, 0.717) is 0 Å². The Bertz CT molecular complexity index is 217. The first-order chi connectivity index (χ1) is 8.29. The Morgan fingerprint density at radius 1 is 1.18 bits per heavy atom. The van der Waals surface area contributed by atoms with Crippen LogP contribution in [-0.2, 0) is 0 Å². The second-order valence-electron chi connectivity index (χ2n) is 6.24. The van der Waals surface area contributed by atoms with Crippen LogP contribution in [0.1, 0.15) is 52.4 Å². The number of hydrogen-bond acceptors (Lipinski definition) is 2. The molecule has 1 heterocycles. The quantitative estimate of drug-likeness (QED) is 0.810. The van der Waals surface area contributed by atoms with Gasteiger partial charge in [0.1, 0.15) is 0 Å². The summed E-state index contributed by atoms with van der Waals surface area (Å²) in [6.45, 7) is 9.71. The zero-order chi connectivity index (χ0) is 12.1. The molecule has 2 nitrogen and oxygen atoms in total. The Hall–Kier alpha value is -0.0800. The third-order valence-corrected chi connectivity index (χ3v) is 4.66. The van der Waals surface area contributed by atoms with Gasteiger partial charge in [0, 0.05) is 12.6 Å². The summed E-state index contributed by atoms with van der Waals surface area (Å²) in [5.41, 5.74) is 0. The Labute approximate surface area is 107 Å². The third-order valence-electron chi connectivity index (χ3n) is 4.66. The highest BCUT2D eigenvalue weighted by atomic mass is 15.2. The van der Waals surface area contributed by atoms with Crippen LogP contribution in [-0.4, -0.2) is 37.1 Å². The van der Waals surface area contributed by atoms with E-state index in [1.807, 2.05) is 0 Å². The highest BCUT2D eigenvalue weighted by Crippen LogP contribution is 2.30. The minimum absolute atomic E-state index is 0.904. The zero-order valence-electron chi connectivity index (χ0n) is 11.8. The Morgan fingerprint density at radius 2 is 2.06 bits per heavy atom. The monoisotopic (exact) mass is 238 g/mol. The largest absolute Gasteiger partial charge is 0.317 e. The van der Waals surface area contributed by atoms with Crippen LogP contribution < -0.4 is 5.32 Å². The summed E-state index contributed by atoms with van der Waals surface area (Å²) >= 11 is 0. The second-order valence-corrected chi connectivity index (χ2v) is 6.24. The van der Waals surface area contributed by atoms with E-state index in [-0.39, 0.29) is 0 Å². The van der Waals surface area contributed by atoms with Crippen molar-refractivity contribution in [1.82, 2.24) is 10.2 Å². The molecule has 1 aliphatic heterocycles. The van der Waals surface area contributed by atoms with Gasteiger partial charge in [-0.15, -0.1) is 0 Å². The molecule has 0 spiro atoms. The van der Waals surface area contributed by atoms with Gasteiger partial charge in [-0.1, -0.05) is 26.7 Å². The van der Waals surface area contributed by atoms with Crippen molar-refractivity contribution in [3.05, 3.63) is 0 Å². The van der Waals surface area contributed by atoms with Crippen molar-refractivity contribution in [2.24, 2.45) is 11.8 Å². The van der Waals surface area contributed by atoms with E-state index in [4.69, 9.17) is 0 Å². The molecule has 17 heavy (non-hydrogen) atoms. The lowest BCUT2D eigenvalue weighted by molar-refractivity contribution is 0.0850. The summed E-state index contributed by atoms with van der Waals surface area (Å²) in [5.74, 6) is 1.86. The van der Waals surface area contributed by atoms with Crippen molar-refractivity contribution < 1.29 is 0 Å². The maximum absolute atomic E-state index is 3.52. The molecule has 0 aromatic rings. The lowest BCUT2D eigenvalue weighted by atomic mass is 9.84. The maximum Gasteiger partial charge on any atom is 0.00979 e. The molecule has 0 radical (unpaired) electrons. The van der Waals surface area contributed by atoms with E-state index in [1.165, 1.54) is 58.2 Å². The first-order valence-corrected chi connectivity index (χ1v) is 7.74. The van der Waals surface area contributed by atoms with E-state index >= 15 is 0 Å². The molecule has 3 atom stereocenters. The van der Waals surface area contributed by atoms with Gasteiger partial charge >= 0.3 is 0 Å². The molecule has 3 unspecified atom stereocenters. The number of rotatable bonds is 4. The molecule has 100 valence electrons. The zero-order valence-corrected chi connectivity index (χ0v) is 11.8. The first-order valence-electron chi connectivity index (χ1n) is 7.74. The van der Waals surface area contributed by atoms with Crippen LogP contribution in [0.3, 0.4) is 0 Å². The molecule has 0 bridgehead atoms. The fourth-order valence-corrected chi connectivity index (χ4v) is 3.68. The standard InChI is InChI=1S/C15H30N2/c1-3-16-11-14-7-5-9-17(12-14)15-8-4-6-13(2)10-15/h13-16H,3-12H2,1-2H3. The van der Waals surface area contributed by atoms with E-state index < -0.39 is 0 Å². The maximum atomic E-state index is 3.52. The number of nitrogens with zero attached hydrogens (tertiary/aromatic N) is 1. The van der Waals surface area contributed by atoms with Gasteiger partial charge in [-0.2, -0.15) is 0 Å². The van der Waals surface area contributed by atoms with Gasteiger partial charge in [0.05, 0.1) is 0 Å². The summed E-state index contributed by atoms with van der Waals surface area (Å²) in [7, 11) is 0. The summed E-state index contributed by atoms with van der Waals surface area (Å²) in [6, 6.07) is 0.906. The fraction of sp³-hybridized carbons (Fsp3) is 1.00. The van der Waals surface area contributed by atoms with Gasteiger partial charge in [-0.3, -0.25) is 0 Å². The van der Waals surface area contributed by atoms with Crippen molar-refractivity contribution in [2.45, 2.75) is 58.4 Å². The topological polar surface area (TPSA) is 15.3 Å². The molecule has 1 saturated carbocycles. The average molecular weight is 238 g/mol.